The minimum Gasteiger partial charge on any atom is -0.467 e. The first-order chi connectivity index (χ1) is 12.5. The molecule has 4 heteroatoms. The molecule has 0 heterocycles. The summed E-state index contributed by atoms with van der Waals surface area (Å²) < 4.78 is 4.97. The Labute approximate surface area is 155 Å². The fraction of sp³-hybridized carbons (Fsp3) is 0.636. The average Bonchev–Trinajstić information content (AvgIpc) is 2.61. The third kappa shape index (κ3) is 3.26. The molecule has 4 nitrogen and oxygen atoms in total. The van der Waals surface area contributed by atoms with Crippen molar-refractivity contribution in [2.45, 2.75) is 57.9 Å². The number of hydrogen-bond donors (Lipinski definition) is 1. The lowest BCUT2D eigenvalue weighted by atomic mass is 9.49. The van der Waals surface area contributed by atoms with Crippen molar-refractivity contribution in [1.82, 2.24) is 5.32 Å². The standard InChI is InChI=1S/C22H29NO3/c1-14-3-5-15(6-4-14)10-19(20(24)26-2)23-21(25)22-11-16-7-17(12-22)9-18(8-16)13-22/h3-6,16-19H,7-13H2,1-2H3,(H,23,25)/t16?,17?,18?,19-,22?/m1/s1. The van der Waals surface area contributed by atoms with Crippen LogP contribution in [0.15, 0.2) is 24.3 Å². The molecule has 1 amide bonds. The number of carbonyl (C=O) groups excluding carboxylic acids is 2. The molecular weight excluding hydrogens is 326 g/mol. The van der Waals surface area contributed by atoms with Gasteiger partial charge in [0.1, 0.15) is 6.04 Å². The van der Waals surface area contributed by atoms with Gasteiger partial charge in [0.25, 0.3) is 0 Å². The van der Waals surface area contributed by atoms with Crippen molar-refractivity contribution >= 4 is 11.9 Å². The smallest absolute Gasteiger partial charge is 0.328 e. The summed E-state index contributed by atoms with van der Waals surface area (Å²) in [6.45, 7) is 2.04. The van der Waals surface area contributed by atoms with Gasteiger partial charge in [-0.05, 0) is 68.8 Å². The van der Waals surface area contributed by atoms with E-state index in [1.165, 1.54) is 31.9 Å². The lowest BCUT2D eigenvalue weighted by molar-refractivity contribution is -0.152. The molecule has 5 rings (SSSR count). The second kappa shape index (κ2) is 6.71. The Kier molecular flexibility index (Phi) is 4.54. The molecule has 4 aliphatic carbocycles. The third-order valence-corrected chi connectivity index (χ3v) is 6.87. The lowest BCUT2D eigenvalue weighted by Gasteiger charge is -2.55. The highest BCUT2D eigenvalue weighted by atomic mass is 16.5. The molecule has 0 radical (unpaired) electrons. The van der Waals surface area contributed by atoms with E-state index in [-0.39, 0.29) is 17.3 Å². The first-order valence-corrected chi connectivity index (χ1v) is 9.92. The summed E-state index contributed by atoms with van der Waals surface area (Å²) in [5.41, 5.74) is 1.98. The Hall–Kier alpha value is -1.84. The number of carbonyl (C=O) groups is 2. The summed E-state index contributed by atoms with van der Waals surface area (Å²) in [7, 11) is 1.39. The van der Waals surface area contributed by atoms with Gasteiger partial charge < -0.3 is 10.1 Å². The molecule has 0 spiro atoms. The number of rotatable bonds is 5. The van der Waals surface area contributed by atoms with Crippen LogP contribution in [0, 0.1) is 30.1 Å². The molecular formula is C22H29NO3. The van der Waals surface area contributed by atoms with E-state index in [0.29, 0.717) is 24.2 Å². The van der Waals surface area contributed by atoms with Crippen LogP contribution in [0.25, 0.3) is 0 Å². The molecule has 26 heavy (non-hydrogen) atoms. The van der Waals surface area contributed by atoms with Gasteiger partial charge in [-0.2, -0.15) is 0 Å². The highest BCUT2D eigenvalue weighted by Gasteiger charge is 2.54. The van der Waals surface area contributed by atoms with Crippen LogP contribution in [0.4, 0.5) is 0 Å². The Bertz CT molecular complexity index is 659. The van der Waals surface area contributed by atoms with E-state index in [0.717, 1.165) is 24.8 Å². The van der Waals surface area contributed by atoms with Crippen LogP contribution in [0.3, 0.4) is 0 Å². The lowest BCUT2D eigenvalue weighted by Crippen LogP contribution is -2.56. The van der Waals surface area contributed by atoms with Gasteiger partial charge in [0, 0.05) is 11.8 Å². The highest BCUT2D eigenvalue weighted by molar-refractivity contribution is 5.88. The fourth-order valence-electron chi connectivity index (χ4n) is 6.00. The van der Waals surface area contributed by atoms with Crippen molar-refractivity contribution in [1.29, 1.82) is 0 Å². The van der Waals surface area contributed by atoms with Crippen molar-refractivity contribution in [2.75, 3.05) is 7.11 Å². The molecule has 1 atom stereocenters. The van der Waals surface area contributed by atoms with Gasteiger partial charge in [-0.3, -0.25) is 4.79 Å². The molecule has 4 saturated carbocycles. The molecule has 0 aliphatic heterocycles. The van der Waals surface area contributed by atoms with E-state index < -0.39 is 6.04 Å². The number of methoxy groups -OCH3 is 1. The number of hydrogen-bond acceptors (Lipinski definition) is 3. The van der Waals surface area contributed by atoms with Crippen molar-refractivity contribution in [2.24, 2.45) is 23.2 Å². The Morgan fingerprint density at radius 3 is 2.12 bits per heavy atom. The third-order valence-electron chi connectivity index (χ3n) is 6.87. The summed E-state index contributed by atoms with van der Waals surface area (Å²) in [5, 5.41) is 3.07. The maximum Gasteiger partial charge on any atom is 0.328 e. The van der Waals surface area contributed by atoms with Crippen LogP contribution in [0.2, 0.25) is 0 Å². The fourth-order valence-corrected chi connectivity index (χ4v) is 6.00. The second-order valence-corrected chi connectivity index (χ2v) is 8.94. The van der Waals surface area contributed by atoms with Crippen molar-refractivity contribution in [3.8, 4) is 0 Å². The maximum atomic E-state index is 13.3. The molecule has 1 aromatic carbocycles. The Balaban J connectivity index is 1.49. The van der Waals surface area contributed by atoms with E-state index in [9.17, 15) is 9.59 Å². The number of ether oxygens (including phenoxy) is 1. The number of esters is 1. The van der Waals surface area contributed by atoms with Crippen LogP contribution < -0.4 is 5.32 Å². The largest absolute Gasteiger partial charge is 0.467 e. The van der Waals surface area contributed by atoms with E-state index in [1.807, 2.05) is 31.2 Å². The first kappa shape index (κ1) is 17.6. The number of nitrogens with one attached hydrogen (secondary N) is 1. The summed E-state index contributed by atoms with van der Waals surface area (Å²) in [6.07, 6.45) is 7.39. The van der Waals surface area contributed by atoms with E-state index in [2.05, 4.69) is 5.32 Å². The molecule has 4 bridgehead atoms. The average molecular weight is 355 g/mol. The summed E-state index contributed by atoms with van der Waals surface area (Å²) in [6, 6.07) is 7.49. The van der Waals surface area contributed by atoms with Crippen LogP contribution in [-0.2, 0) is 20.7 Å². The molecule has 4 fully saturated rings. The predicted molar refractivity (Wildman–Crippen MR) is 99.4 cm³/mol. The van der Waals surface area contributed by atoms with Gasteiger partial charge in [0.15, 0.2) is 0 Å². The first-order valence-electron chi connectivity index (χ1n) is 9.92. The van der Waals surface area contributed by atoms with E-state index in [1.54, 1.807) is 0 Å². The summed E-state index contributed by atoms with van der Waals surface area (Å²) in [5.74, 6) is 1.85. The molecule has 4 aliphatic rings. The monoisotopic (exact) mass is 355 g/mol. The SMILES string of the molecule is COC(=O)[C@@H](Cc1ccc(C)cc1)NC(=O)C12CC3CC(CC(C3)C1)C2. The maximum absolute atomic E-state index is 13.3. The number of benzene rings is 1. The van der Waals surface area contributed by atoms with Crippen LogP contribution >= 0.6 is 0 Å². The van der Waals surface area contributed by atoms with Crippen LogP contribution in [-0.4, -0.2) is 25.0 Å². The van der Waals surface area contributed by atoms with Crippen LogP contribution in [0.5, 0.6) is 0 Å². The van der Waals surface area contributed by atoms with E-state index in [4.69, 9.17) is 4.74 Å². The molecule has 1 N–H and O–H groups in total. The Morgan fingerprint density at radius 1 is 1.08 bits per heavy atom. The minimum absolute atomic E-state index is 0.0825. The number of amides is 1. The molecule has 0 saturated heterocycles. The normalized spacial score (nSPS) is 32.9. The summed E-state index contributed by atoms with van der Waals surface area (Å²) >= 11 is 0. The zero-order valence-electron chi connectivity index (χ0n) is 15.8. The van der Waals surface area contributed by atoms with Crippen molar-refractivity contribution < 1.29 is 14.3 Å². The zero-order chi connectivity index (χ0) is 18.3. The van der Waals surface area contributed by atoms with Gasteiger partial charge in [-0.1, -0.05) is 29.8 Å². The quantitative estimate of drug-likeness (QED) is 0.824. The zero-order valence-corrected chi connectivity index (χ0v) is 15.8. The summed E-state index contributed by atoms with van der Waals surface area (Å²) in [4.78, 5) is 25.6. The highest BCUT2D eigenvalue weighted by Crippen LogP contribution is 2.60. The Morgan fingerprint density at radius 2 is 1.62 bits per heavy atom. The molecule has 140 valence electrons. The molecule has 0 unspecified atom stereocenters. The van der Waals surface area contributed by atoms with Crippen molar-refractivity contribution in [3.63, 3.8) is 0 Å². The topological polar surface area (TPSA) is 55.4 Å². The van der Waals surface area contributed by atoms with Crippen LogP contribution in [0.1, 0.15) is 49.7 Å². The van der Waals surface area contributed by atoms with Gasteiger partial charge >= 0.3 is 5.97 Å². The van der Waals surface area contributed by atoms with Gasteiger partial charge in [-0.15, -0.1) is 0 Å². The van der Waals surface area contributed by atoms with Gasteiger partial charge in [0.05, 0.1) is 7.11 Å². The van der Waals surface area contributed by atoms with E-state index >= 15 is 0 Å². The van der Waals surface area contributed by atoms with Gasteiger partial charge in [0.2, 0.25) is 5.91 Å². The second-order valence-electron chi connectivity index (χ2n) is 8.94. The van der Waals surface area contributed by atoms with Gasteiger partial charge in [-0.25, -0.2) is 4.79 Å². The molecule has 1 aromatic rings. The predicted octanol–water partition coefficient (Wildman–Crippen LogP) is 3.41. The van der Waals surface area contributed by atoms with Crippen molar-refractivity contribution in [3.05, 3.63) is 35.4 Å². The minimum atomic E-state index is -0.608. The number of aryl methyl sites for hydroxylation is 1. The molecule has 0 aromatic heterocycles.